The van der Waals surface area contributed by atoms with Crippen molar-refractivity contribution in [3.05, 3.63) is 43.7 Å². The lowest BCUT2D eigenvalue weighted by Crippen LogP contribution is -2.10. The Morgan fingerprint density at radius 3 is 2.86 bits per heavy atom. The summed E-state index contributed by atoms with van der Waals surface area (Å²) in [5, 5.41) is 9.85. The maximum absolute atomic E-state index is 11.3. The van der Waals surface area contributed by atoms with E-state index in [1.165, 1.54) is 6.20 Å². The molecule has 2 N–H and O–H groups in total. The molecule has 0 radical (unpaired) electrons. The highest BCUT2D eigenvalue weighted by molar-refractivity contribution is 9.10. The molecule has 1 aromatic heterocycles. The third kappa shape index (κ3) is 3.58. The first kappa shape index (κ1) is 16.3. The summed E-state index contributed by atoms with van der Waals surface area (Å²) in [6.45, 7) is 0. The van der Waals surface area contributed by atoms with Gasteiger partial charge in [-0.25, -0.2) is 5.10 Å². The van der Waals surface area contributed by atoms with Crippen molar-refractivity contribution < 1.29 is 9.47 Å². The zero-order valence-electron chi connectivity index (χ0n) is 11.7. The van der Waals surface area contributed by atoms with Gasteiger partial charge in [-0.05, 0) is 33.6 Å². The van der Waals surface area contributed by atoms with Gasteiger partial charge in [0.05, 0.1) is 31.1 Å². The number of aromatic nitrogens is 2. The molecule has 1 aromatic carbocycles. The molecular formula is C13H12BrClN4O3. The van der Waals surface area contributed by atoms with E-state index >= 15 is 0 Å². The number of hydrazone groups is 1. The molecule has 0 aliphatic carbocycles. The lowest BCUT2D eigenvalue weighted by Gasteiger charge is -2.10. The smallest absolute Gasteiger partial charge is 0.285 e. The summed E-state index contributed by atoms with van der Waals surface area (Å²) in [4.78, 5) is 11.3. The van der Waals surface area contributed by atoms with Crippen LogP contribution in [0.1, 0.15) is 5.56 Å². The van der Waals surface area contributed by atoms with Crippen LogP contribution in [-0.4, -0.2) is 30.6 Å². The fourth-order valence-corrected chi connectivity index (χ4v) is 2.41. The molecular weight excluding hydrogens is 376 g/mol. The molecule has 0 unspecified atom stereocenters. The van der Waals surface area contributed by atoms with Crippen LogP contribution < -0.4 is 20.5 Å². The lowest BCUT2D eigenvalue weighted by molar-refractivity contribution is 0.353. The van der Waals surface area contributed by atoms with E-state index in [4.69, 9.17) is 21.1 Å². The Labute approximate surface area is 139 Å². The van der Waals surface area contributed by atoms with Crippen LogP contribution in [0, 0.1) is 0 Å². The van der Waals surface area contributed by atoms with E-state index in [1.807, 2.05) is 6.07 Å². The highest BCUT2D eigenvalue weighted by Crippen LogP contribution is 2.35. The Morgan fingerprint density at radius 2 is 2.18 bits per heavy atom. The number of hydrogen-bond donors (Lipinski definition) is 2. The van der Waals surface area contributed by atoms with E-state index in [2.05, 4.69) is 36.7 Å². The summed E-state index contributed by atoms with van der Waals surface area (Å²) in [7, 11) is 3.10. The van der Waals surface area contributed by atoms with Gasteiger partial charge in [-0.1, -0.05) is 11.6 Å². The third-order valence-corrected chi connectivity index (χ3v) is 3.61. The quantitative estimate of drug-likeness (QED) is 0.608. The molecule has 0 spiro atoms. The summed E-state index contributed by atoms with van der Waals surface area (Å²) in [5.74, 6) is 1.16. The van der Waals surface area contributed by atoms with Gasteiger partial charge < -0.3 is 9.47 Å². The molecule has 22 heavy (non-hydrogen) atoms. The molecule has 2 rings (SSSR count). The Hall–Kier alpha value is -2.06. The number of methoxy groups -OCH3 is 2. The van der Waals surface area contributed by atoms with Gasteiger partial charge in [-0.3, -0.25) is 10.2 Å². The molecule has 0 fully saturated rings. The van der Waals surface area contributed by atoms with Crippen molar-refractivity contribution in [2.45, 2.75) is 0 Å². The zero-order valence-corrected chi connectivity index (χ0v) is 14.0. The van der Waals surface area contributed by atoms with Crippen LogP contribution in [-0.2, 0) is 0 Å². The molecule has 0 aliphatic rings. The molecule has 0 bridgehead atoms. The maximum atomic E-state index is 11.3. The van der Waals surface area contributed by atoms with Gasteiger partial charge in [0.15, 0.2) is 11.5 Å². The average Bonchev–Trinajstić information content (AvgIpc) is 2.51. The standard InChI is InChI=1S/C13H12BrClN4O3/c1-21-10-4-7(3-8(14)12(10)22-2)5-16-18-9-6-17-19-13(20)11(9)15/h3-6H,1-2H3,(H2,18,19,20)/b16-5-. The third-order valence-electron chi connectivity index (χ3n) is 2.65. The van der Waals surface area contributed by atoms with E-state index in [1.54, 1.807) is 26.5 Å². The second-order valence-electron chi connectivity index (χ2n) is 4.04. The zero-order chi connectivity index (χ0) is 16.1. The number of aromatic amines is 1. The van der Waals surface area contributed by atoms with E-state index in [0.717, 1.165) is 10.0 Å². The first-order valence-electron chi connectivity index (χ1n) is 6.00. The number of nitrogens with one attached hydrogen (secondary N) is 2. The number of hydrogen-bond acceptors (Lipinski definition) is 6. The van der Waals surface area contributed by atoms with Crippen LogP contribution in [0.25, 0.3) is 0 Å². The van der Waals surface area contributed by atoms with Crippen LogP contribution in [0.2, 0.25) is 5.02 Å². The van der Waals surface area contributed by atoms with E-state index in [-0.39, 0.29) is 5.02 Å². The predicted molar refractivity (Wildman–Crippen MR) is 88.3 cm³/mol. The largest absolute Gasteiger partial charge is 0.493 e. The molecule has 7 nitrogen and oxygen atoms in total. The lowest BCUT2D eigenvalue weighted by atomic mass is 10.2. The normalized spacial score (nSPS) is 10.7. The fraction of sp³-hybridized carbons (Fsp3) is 0.154. The van der Waals surface area contributed by atoms with E-state index < -0.39 is 5.56 Å². The van der Waals surface area contributed by atoms with Gasteiger partial charge >= 0.3 is 0 Å². The molecule has 2 aromatic rings. The van der Waals surface area contributed by atoms with Crippen LogP contribution in [0.15, 0.2) is 32.7 Å². The Morgan fingerprint density at radius 1 is 1.41 bits per heavy atom. The second-order valence-corrected chi connectivity index (χ2v) is 5.27. The van der Waals surface area contributed by atoms with Crippen molar-refractivity contribution in [2.24, 2.45) is 5.10 Å². The highest BCUT2D eigenvalue weighted by Gasteiger charge is 2.09. The van der Waals surface area contributed by atoms with E-state index in [0.29, 0.717) is 17.2 Å². The summed E-state index contributed by atoms with van der Waals surface area (Å²) in [5.41, 5.74) is 3.23. The molecule has 116 valence electrons. The number of anilines is 1. The topological polar surface area (TPSA) is 88.6 Å². The average molecular weight is 388 g/mol. The number of ether oxygens (including phenoxy) is 2. The van der Waals surface area contributed by atoms with Crippen molar-refractivity contribution in [2.75, 3.05) is 19.6 Å². The molecule has 0 atom stereocenters. The van der Waals surface area contributed by atoms with Crippen LogP contribution >= 0.6 is 27.5 Å². The highest BCUT2D eigenvalue weighted by atomic mass is 79.9. The Bertz CT molecular complexity index is 763. The summed E-state index contributed by atoms with van der Waals surface area (Å²) < 4.78 is 11.2. The Balaban J connectivity index is 2.22. The van der Waals surface area contributed by atoms with Gasteiger partial charge in [-0.15, -0.1) is 0 Å². The first-order valence-corrected chi connectivity index (χ1v) is 7.17. The minimum absolute atomic E-state index is 0.0133. The minimum Gasteiger partial charge on any atom is -0.493 e. The number of benzene rings is 1. The van der Waals surface area contributed by atoms with Gasteiger partial charge in [0.2, 0.25) is 0 Å². The molecule has 0 saturated carbocycles. The van der Waals surface area contributed by atoms with Crippen molar-refractivity contribution in [3.8, 4) is 11.5 Å². The summed E-state index contributed by atoms with van der Waals surface area (Å²) in [6, 6.07) is 3.57. The van der Waals surface area contributed by atoms with Crippen molar-refractivity contribution >= 4 is 39.4 Å². The van der Waals surface area contributed by atoms with E-state index in [9.17, 15) is 4.79 Å². The van der Waals surface area contributed by atoms with Crippen LogP contribution in [0.4, 0.5) is 5.69 Å². The summed E-state index contributed by atoms with van der Waals surface area (Å²) in [6.07, 6.45) is 2.91. The monoisotopic (exact) mass is 386 g/mol. The van der Waals surface area contributed by atoms with Crippen molar-refractivity contribution in [3.63, 3.8) is 0 Å². The van der Waals surface area contributed by atoms with Gasteiger partial charge in [0.1, 0.15) is 10.7 Å². The summed E-state index contributed by atoms with van der Waals surface area (Å²) >= 11 is 9.22. The maximum Gasteiger partial charge on any atom is 0.285 e. The van der Waals surface area contributed by atoms with Crippen LogP contribution in [0.3, 0.4) is 0 Å². The fourth-order valence-electron chi connectivity index (χ4n) is 1.65. The number of rotatable bonds is 5. The van der Waals surface area contributed by atoms with Gasteiger partial charge in [-0.2, -0.15) is 10.2 Å². The van der Waals surface area contributed by atoms with Gasteiger partial charge in [0, 0.05) is 0 Å². The van der Waals surface area contributed by atoms with Crippen molar-refractivity contribution in [1.82, 2.24) is 10.2 Å². The first-order chi connectivity index (χ1) is 10.6. The number of nitrogens with zero attached hydrogens (tertiary/aromatic N) is 2. The molecule has 1 heterocycles. The minimum atomic E-state index is -0.490. The van der Waals surface area contributed by atoms with Crippen molar-refractivity contribution in [1.29, 1.82) is 0 Å². The molecule has 0 amide bonds. The molecule has 0 saturated heterocycles. The second kappa shape index (κ2) is 7.28. The van der Waals surface area contributed by atoms with Crippen LogP contribution in [0.5, 0.6) is 11.5 Å². The number of H-pyrrole nitrogens is 1. The molecule has 0 aliphatic heterocycles. The number of halogens is 2. The SMILES string of the molecule is COc1cc(/C=N\Nc2cn[nH]c(=O)c2Cl)cc(Br)c1OC. The predicted octanol–water partition coefficient (Wildman–Crippen LogP) is 2.65. The molecule has 9 heteroatoms. The Kier molecular flexibility index (Phi) is 5.40. The van der Waals surface area contributed by atoms with Gasteiger partial charge in [0.25, 0.3) is 5.56 Å².